The van der Waals surface area contributed by atoms with Crippen LogP contribution in [0.25, 0.3) is 0 Å². The molecule has 1 aliphatic rings. The third kappa shape index (κ3) is 1.65. The van der Waals surface area contributed by atoms with Crippen LogP contribution >= 0.6 is 0 Å². The second-order valence-electron chi connectivity index (χ2n) is 4.92. The molecule has 0 bridgehead atoms. The molecule has 98 valence electrons. The van der Waals surface area contributed by atoms with Gasteiger partial charge in [0.05, 0.1) is 12.3 Å². The van der Waals surface area contributed by atoms with Crippen LogP contribution in [0.4, 0.5) is 0 Å². The maximum atomic E-state index is 10.2. The molecule has 2 heterocycles. The molecule has 0 saturated heterocycles. The number of hydrogen-bond acceptors (Lipinski definition) is 3. The molecular weight excluding hydrogens is 238 g/mol. The van der Waals surface area contributed by atoms with Gasteiger partial charge in [-0.1, -0.05) is 37.3 Å². The van der Waals surface area contributed by atoms with Crippen LogP contribution < -0.4 is 0 Å². The molecule has 1 atom stereocenters. The third-order valence-electron chi connectivity index (χ3n) is 3.98. The van der Waals surface area contributed by atoms with Crippen molar-refractivity contribution in [3.8, 4) is 5.75 Å². The summed E-state index contributed by atoms with van der Waals surface area (Å²) in [7, 11) is 0. The lowest BCUT2D eigenvalue weighted by Gasteiger charge is -2.28. The molecule has 1 aliphatic heterocycles. The second kappa shape index (κ2) is 4.35. The lowest BCUT2D eigenvalue weighted by Crippen LogP contribution is -2.26. The fourth-order valence-electron chi connectivity index (χ4n) is 2.86. The van der Waals surface area contributed by atoms with Crippen molar-refractivity contribution in [2.24, 2.45) is 0 Å². The number of ether oxygens (including phenoxy) is 1. The molecule has 3 rings (SSSR count). The van der Waals surface area contributed by atoms with Crippen molar-refractivity contribution in [2.45, 2.75) is 32.5 Å². The van der Waals surface area contributed by atoms with E-state index in [2.05, 4.69) is 24.0 Å². The standard InChI is InChI=1S/C16H17NO2/c1-3-16(12-7-5-4-6-8-12)14-9-17-11(2)15(18)13(14)10-19-16/h4-9,18H,3,10H2,1-2H3. The van der Waals surface area contributed by atoms with Crippen LogP contribution in [0.15, 0.2) is 36.5 Å². The first-order valence-electron chi connectivity index (χ1n) is 6.56. The SMILES string of the molecule is CCC1(c2ccccc2)OCc2c1cnc(C)c2O. The van der Waals surface area contributed by atoms with Gasteiger partial charge in [0.15, 0.2) is 0 Å². The maximum absolute atomic E-state index is 10.2. The van der Waals surface area contributed by atoms with E-state index in [4.69, 9.17) is 4.74 Å². The Labute approximate surface area is 112 Å². The quantitative estimate of drug-likeness (QED) is 0.895. The molecule has 0 aliphatic carbocycles. The first-order chi connectivity index (χ1) is 9.19. The number of pyridine rings is 1. The molecule has 0 saturated carbocycles. The molecule has 3 nitrogen and oxygen atoms in total. The van der Waals surface area contributed by atoms with E-state index in [-0.39, 0.29) is 5.75 Å². The van der Waals surface area contributed by atoms with Gasteiger partial charge in [-0.25, -0.2) is 0 Å². The Morgan fingerprint density at radius 2 is 2.05 bits per heavy atom. The lowest BCUT2D eigenvalue weighted by atomic mass is 9.84. The molecule has 0 fully saturated rings. The Bertz CT molecular complexity index is 610. The van der Waals surface area contributed by atoms with E-state index in [1.165, 1.54) is 0 Å². The summed E-state index contributed by atoms with van der Waals surface area (Å²) in [5.41, 5.74) is 3.15. The summed E-state index contributed by atoms with van der Waals surface area (Å²) in [5, 5.41) is 10.2. The predicted molar refractivity (Wildman–Crippen MR) is 72.9 cm³/mol. The van der Waals surface area contributed by atoms with Gasteiger partial charge >= 0.3 is 0 Å². The van der Waals surface area contributed by atoms with Gasteiger partial charge in [-0.05, 0) is 18.9 Å². The van der Waals surface area contributed by atoms with Crippen LogP contribution in [0.1, 0.15) is 35.7 Å². The van der Waals surface area contributed by atoms with Crippen LogP contribution in [0.2, 0.25) is 0 Å². The second-order valence-corrected chi connectivity index (χ2v) is 4.92. The van der Waals surface area contributed by atoms with Crippen LogP contribution in [0.3, 0.4) is 0 Å². The largest absolute Gasteiger partial charge is 0.506 e. The van der Waals surface area contributed by atoms with Gasteiger partial charge in [0, 0.05) is 17.3 Å². The number of aromatic hydroxyl groups is 1. The molecule has 19 heavy (non-hydrogen) atoms. The van der Waals surface area contributed by atoms with Gasteiger partial charge in [-0.2, -0.15) is 0 Å². The Kier molecular flexibility index (Phi) is 2.79. The molecule has 1 aromatic carbocycles. The fraction of sp³-hybridized carbons (Fsp3) is 0.312. The number of hydrogen-bond donors (Lipinski definition) is 1. The average molecular weight is 255 g/mol. The zero-order valence-corrected chi connectivity index (χ0v) is 11.2. The summed E-state index contributed by atoms with van der Waals surface area (Å²) < 4.78 is 6.08. The highest BCUT2D eigenvalue weighted by molar-refractivity contribution is 5.49. The van der Waals surface area contributed by atoms with Crippen molar-refractivity contribution >= 4 is 0 Å². The molecule has 0 spiro atoms. The molecule has 1 N–H and O–H groups in total. The Hall–Kier alpha value is -1.87. The third-order valence-corrected chi connectivity index (χ3v) is 3.98. The topological polar surface area (TPSA) is 42.4 Å². The smallest absolute Gasteiger partial charge is 0.142 e. The number of fused-ring (bicyclic) bond motifs is 1. The summed E-state index contributed by atoms with van der Waals surface area (Å²) >= 11 is 0. The minimum atomic E-state index is -0.477. The number of aromatic nitrogens is 1. The van der Waals surface area contributed by atoms with E-state index >= 15 is 0 Å². The van der Waals surface area contributed by atoms with Crippen molar-refractivity contribution in [1.29, 1.82) is 0 Å². The van der Waals surface area contributed by atoms with E-state index in [9.17, 15) is 5.11 Å². The van der Waals surface area contributed by atoms with Gasteiger partial charge < -0.3 is 9.84 Å². The summed E-state index contributed by atoms with van der Waals surface area (Å²) in [6.45, 7) is 4.34. The normalized spacial score (nSPS) is 21.4. The fourth-order valence-corrected chi connectivity index (χ4v) is 2.86. The highest BCUT2D eigenvalue weighted by Crippen LogP contribution is 2.46. The number of aryl methyl sites for hydroxylation is 1. The zero-order valence-electron chi connectivity index (χ0n) is 11.2. The highest BCUT2D eigenvalue weighted by atomic mass is 16.5. The minimum absolute atomic E-state index is 0.267. The summed E-state index contributed by atoms with van der Waals surface area (Å²) in [6.07, 6.45) is 2.65. The van der Waals surface area contributed by atoms with Gasteiger partial charge in [0.2, 0.25) is 0 Å². The van der Waals surface area contributed by atoms with Crippen LogP contribution in [0.5, 0.6) is 5.75 Å². The van der Waals surface area contributed by atoms with E-state index < -0.39 is 5.60 Å². The Morgan fingerprint density at radius 3 is 2.74 bits per heavy atom. The summed E-state index contributed by atoms with van der Waals surface area (Å²) in [6, 6.07) is 10.1. The lowest BCUT2D eigenvalue weighted by molar-refractivity contribution is -0.00836. The minimum Gasteiger partial charge on any atom is -0.506 e. The molecule has 1 unspecified atom stereocenters. The predicted octanol–water partition coefficient (Wildman–Crippen LogP) is 3.28. The number of nitrogens with zero attached hydrogens (tertiary/aromatic N) is 1. The van der Waals surface area contributed by atoms with Crippen molar-refractivity contribution < 1.29 is 9.84 Å². The van der Waals surface area contributed by atoms with Crippen LogP contribution in [-0.2, 0) is 16.9 Å². The Balaban J connectivity index is 2.21. The molecule has 2 aromatic rings. The molecular formula is C16H17NO2. The Morgan fingerprint density at radius 1 is 1.32 bits per heavy atom. The number of rotatable bonds is 2. The van der Waals surface area contributed by atoms with Crippen molar-refractivity contribution in [3.05, 3.63) is 58.9 Å². The monoisotopic (exact) mass is 255 g/mol. The summed E-state index contributed by atoms with van der Waals surface area (Å²) in [4.78, 5) is 4.29. The van der Waals surface area contributed by atoms with E-state index in [1.54, 1.807) is 0 Å². The molecule has 0 radical (unpaired) electrons. The highest BCUT2D eigenvalue weighted by Gasteiger charge is 2.42. The maximum Gasteiger partial charge on any atom is 0.142 e. The zero-order chi connectivity index (χ0) is 13.5. The van der Waals surface area contributed by atoms with Crippen molar-refractivity contribution in [2.75, 3.05) is 0 Å². The van der Waals surface area contributed by atoms with E-state index in [0.29, 0.717) is 12.3 Å². The molecule has 0 amide bonds. The molecule has 3 heteroatoms. The van der Waals surface area contributed by atoms with Gasteiger partial charge in [-0.15, -0.1) is 0 Å². The van der Waals surface area contributed by atoms with Crippen LogP contribution in [0, 0.1) is 6.92 Å². The first kappa shape index (κ1) is 12.2. The average Bonchev–Trinajstić information content (AvgIpc) is 2.84. The van der Waals surface area contributed by atoms with Gasteiger partial charge in [0.1, 0.15) is 11.4 Å². The van der Waals surface area contributed by atoms with Crippen molar-refractivity contribution in [3.63, 3.8) is 0 Å². The number of benzene rings is 1. The van der Waals surface area contributed by atoms with Gasteiger partial charge in [-0.3, -0.25) is 4.98 Å². The van der Waals surface area contributed by atoms with Crippen molar-refractivity contribution in [1.82, 2.24) is 4.98 Å². The van der Waals surface area contributed by atoms with Gasteiger partial charge in [0.25, 0.3) is 0 Å². The van der Waals surface area contributed by atoms with E-state index in [0.717, 1.165) is 23.1 Å². The molecule has 1 aromatic heterocycles. The van der Waals surface area contributed by atoms with E-state index in [1.807, 2.05) is 31.3 Å². The summed E-state index contributed by atoms with van der Waals surface area (Å²) in [5.74, 6) is 0.267. The van der Waals surface area contributed by atoms with Crippen LogP contribution in [-0.4, -0.2) is 10.1 Å². The first-order valence-corrected chi connectivity index (χ1v) is 6.56.